The summed E-state index contributed by atoms with van der Waals surface area (Å²) in [6.07, 6.45) is 6.38. The molecule has 96 valence electrons. The number of rotatable bonds is 7. The lowest BCUT2D eigenvalue weighted by Crippen LogP contribution is -2.37. The standard InChI is InChI=1S/C12H25NO2S/c1-3-5-7-11(4-2)13-10-12-8-6-9-16(12,14)15/h11-13H,3-10H2,1-2H3. The molecule has 2 atom stereocenters. The second-order valence-corrected chi connectivity index (χ2v) is 7.19. The van der Waals surface area contributed by atoms with Gasteiger partial charge in [-0.25, -0.2) is 8.42 Å². The van der Waals surface area contributed by atoms with Gasteiger partial charge in [0.1, 0.15) is 0 Å². The SMILES string of the molecule is CCCCC(CC)NCC1CCCS1(=O)=O. The molecule has 1 aliphatic heterocycles. The molecule has 0 spiro atoms. The Morgan fingerprint density at radius 1 is 1.38 bits per heavy atom. The molecule has 2 unspecified atom stereocenters. The molecule has 1 heterocycles. The highest BCUT2D eigenvalue weighted by atomic mass is 32.2. The van der Waals surface area contributed by atoms with Gasteiger partial charge in [-0.1, -0.05) is 26.7 Å². The van der Waals surface area contributed by atoms with Crippen LogP contribution in [0.15, 0.2) is 0 Å². The first-order valence-corrected chi connectivity index (χ1v) is 8.26. The van der Waals surface area contributed by atoms with E-state index in [0.717, 1.165) is 19.3 Å². The van der Waals surface area contributed by atoms with Crippen molar-refractivity contribution in [1.82, 2.24) is 5.32 Å². The molecular formula is C12H25NO2S. The Bertz CT molecular complexity index is 287. The van der Waals surface area contributed by atoms with Gasteiger partial charge in [-0.2, -0.15) is 0 Å². The molecule has 0 saturated carbocycles. The molecule has 0 aliphatic carbocycles. The maximum Gasteiger partial charge on any atom is 0.154 e. The van der Waals surface area contributed by atoms with Crippen LogP contribution in [-0.4, -0.2) is 32.0 Å². The van der Waals surface area contributed by atoms with Gasteiger partial charge < -0.3 is 5.32 Å². The Balaban J connectivity index is 2.32. The Kier molecular flexibility index (Phi) is 5.76. The molecule has 0 bridgehead atoms. The van der Waals surface area contributed by atoms with Crippen LogP contribution in [0.3, 0.4) is 0 Å². The lowest BCUT2D eigenvalue weighted by atomic mass is 10.1. The van der Waals surface area contributed by atoms with E-state index in [1.165, 1.54) is 19.3 Å². The van der Waals surface area contributed by atoms with Gasteiger partial charge in [0.15, 0.2) is 9.84 Å². The minimum Gasteiger partial charge on any atom is -0.313 e. The van der Waals surface area contributed by atoms with Crippen molar-refractivity contribution in [3.05, 3.63) is 0 Å². The van der Waals surface area contributed by atoms with E-state index in [4.69, 9.17) is 0 Å². The van der Waals surface area contributed by atoms with Crippen molar-refractivity contribution in [3.63, 3.8) is 0 Å². The molecule has 0 radical (unpaired) electrons. The Hall–Kier alpha value is -0.0900. The first-order valence-electron chi connectivity index (χ1n) is 6.55. The first-order chi connectivity index (χ1) is 7.60. The number of nitrogens with one attached hydrogen (secondary N) is 1. The van der Waals surface area contributed by atoms with E-state index in [0.29, 0.717) is 18.3 Å². The average Bonchev–Trinajstić information content (AvgIpc) is 2.58. The van der Waals surface area contributed by atoms with Crippen molar-refractivity contribution in [2.75, 3.05) is 12.3 Å². The zero-order chi connectivity index (χ0) is 12.0. The minimum atomic E-state index is -2.77. The summed E-state index contributed by atoms with van der Waals surface area (Å²) in [6, 6.07) is 0.496. The fourth-order valence-electron chi connectivity index (χ4n) is 2.29. The largest absolute Gasteiger partial charge is 0.313 e. The van der Waals surface area contributed by atoms with Gasteiger partial charge in [-0.05, 0) is 25.7 Å². The summed E-state index contributed by atoms with van der Waals surface area (Å²) in [5.41, 5.74) is 0. The van der Waals surface area contributed by atoms with Crippen molar-refractivity contribution in [3.8, 4) is 0 Å². The van der Waals surface area contributed by atoms with Crippen molar-refractivity contribution in [2.45, 2.75) is 63.7 Å². The zero-order valence-electron chi connectivity index (χ0n) is 10.5. The predicted octanol–water partition coefficient (Wildman–Crippen LogP) is 2.12. The summed E-state index contributed by atoms with van der Waals surface area (Å²) >= 11 is 0. The van der Waals surface area contributed by atoms with E-state index in [9.17, 15) is 8.42 Å². The highest BCUT2D eigenvalue weighted by molar-refractivity contribution is 7.92. The average molecular weight is 247 g/mol. The van der Waals surface area contributed by atoms with Crippen molar-refractivity contribution in [1.29, 1.82) is 0 Å². The summed E-state index contributed by atoms with van der Waals surface area (Å²) in [6.45, 7) is 5.01. The van der Waals surface area contributed by atoms with E-state index in [1.54, 1.807) is 0 Å². The van der Waals surface area contributed by atoms with Crippen molar-refractivity contribution < 1.29 is 8.42 Å². The Morgan fingerprint density at radius 2 is 2.12 bits per heavy atom. The van der Waals surface area contributed by atoms with Gasteiger partial charge in [-0.3, -0.25) is 0 Å². The van der Waals surface area contributed by atoms with E-state index < -0.39 is 9.84 Å². The molecule has 0 aromatic rings. The summed E-state index contributed by atoms with van der Waals surface area (Å²) in [4.78, 5) is 0. The van der Waals surface area contributed by atoms with Crippen LogP contribution in [-0.2, 0) is 9.84 Å². The summed E-state index contributed by atoms with van der Waals surface area (Å²) in [7, 11) is -2.77. The summed E-state index contributed by atoms with van der Waals surface area (Å²) in [5, 5.41) is 3.30. The molecule has 4 heteroatoms. The summed E-state index contributed by atoms with van der Waals surface area (Å²) in [5.74, 6) is 0.394. The van der Waals surface area contributed by atoms with Crippen LogP contribution in [0.5, 0.6) is 0 Å². The summed E-state index contributed by atoms with van der Waals surface area (Å²) < 4.78 is 23.3. The van der Waals surface area contributed by atoms with Crippen molar-refractivity contribution >= 4 is 9.84 Å². The van der Waals surface area contributed by atoms with Crippen LogP contribution in [0, 0.1) is 0 Å². The molecular weight excluding hydrogens is 222 g/mol. The fraction of sp³-hybridized carbons (Fsp3) is 1.00. The quantitative estimate of drug-likeness (QED) is 0.749. The molecule has 0 aromatic carbocycles. The van der Waals surface area contributed by atoms with Crippen LogP contribution in [0.2, 0.25) is 0 Å². The van der Waals surface area contributed by atoms with E-state index in [2.05, 4.69) is 19.2 Å². The third kappa shape index (κ3) is 4.06. The minimum absolute atomic E-state index is 0.122. The second kappa shape index (κ2) is 6.60. The van der Waals surface area contributed by atoms with Gasteiger partial charge in [0.05, 0.1) is 11.0 Å². The maximum absolute atomic E-state index is 11.6. The van der Waals surface area contributed by atoms with Gasteiger partial charge in [0.2, 0.25) is 0 Å². The van der Waals surface area contributed by atoms with Crippen LogP contribution in [0.4, 0.5) is 0 Å². The molecule has 1 aliphatic rings. The topological polar surface area (TPSA) is 46.2 Å². The lowest BCUT2D eigenvalue weighted by Gasteiger charge is -2.19. The molecule has 0 aromatic heterocycles. The monoisotopic (exact) mass is 247 g/mol. The van der Waals surface area contributed by atoms with E-state index in [1.807, 2.05) is 0 Å². The lowest BCUT2D eigenvalue weighted by molar-refractivity contribution is 0.447. The third-order valence-corrected chi connectivity index (χ3v) is 5.77. The number of hydrogen-bond acceptors (Lipinski definition) is 3. The highest BCUT2D eigenvalue weighted by Crippen LogP contribution is 2.19. The normalized spacial score (nSPS) is 25.8. The molecule has 1 rings (SSSR count). The van der Waals surface area contributed by atoms with Gasteiger partial charge in [0.25, 0.3) is 0 Å². The number of hydrogen-bond donors (Lipinski definition) is 1. The van der Waals surface area contributed by atoms with Gasteiger partial charge in [0, 0.05) is 12.6 Å². The Labute approximate surface area is 99.9 Å². The van der Waals surface area contributed by atoms with Gasteiger partial charge >= 0.3 is 0 Å². The van der Waals surface area contributed by atoms with E-state index in [-0.39, 0.29) is 5.25 Å². The smallest absolute Gasteiger partial charge is 0.154 e. The highest BCUT2D eigenvalue weighted by Gasteiger charge is 2.31. The first kappa shape index (κ1) is 14.0. The molecule has 1 fully saturated rings. The third-order valence-electron chi connectivity index (χ3n) is 3.50. The second-order valence-electron chi connectivity index (χ2n) is 4.79. The van der Waals surface area contributed by atoms with Crippen LogP contribution in [0.1, 0.15) is 52.4 Å². The molecule has 1 N–H and O–H groups in total. The number of unbranched alkanes of at least 4 members (excludes halogenated alkanes) is 1. The van der Waals surface area contributed by atoms with Gasteiger partial charge in [-0.15, -0.1) is 0 Å². The predicted molar refractivity (Wildman–Crippen MR) is 68.4 cm³/mol. The number of sulfone groups is 1. The zero-order valence-corrected chi connectivity index (χ0v) is 11.4. The molecule has 0 amide bonds. The fourth-order valence-corrected chi connectivity index (χ4v) is 4.06. The Morgan fingerprint density at radius 3 is 2.62 bits per heavy atom. The molecule has 1 saturated heterocycles. The molecule has 3 nitrogen and oxygen atoms in total. The van der Waals surface area contributed by atoms with E-state index >= 15 is 0 Å². The van der Waals surface area contributed by atoms with Crippen LogP contribution in [0.25, 0.3) is 0 Å². The molecule has 16 heavy (non-hydrogen) atoms. The van der Waals surface area contributed by atoms with Crippen LogP contribution < -0.4 is 5.32 Å². The van der Waals surface area contributed by atoms with Crippen molar-refractivity contribution in [2.24, 2.45) is 0 Å². The van der Waals surface area contributed by atoms with Crippen LogP contribution >= 0.6 is 0 Å². The maximum atomic E-state index is 11.6.